The van der Waals surface area contributed by atoms with Crippen molar-refractivity contribution in [2.24, 2.45) is 10.3 Å². The SMILES string of the molecule is Fc1c(F)c(F)c(CO/N=C/C=N/OCc2c(F)c(F)c(F)c(F)c2F)c(F)c1F. The maximum atomic E-state index is 13.3. The normalized spacial score (nSPS) is 11.7. The van der Waals surface area contributed by atoms with Gasteiger partial charge in [0, 0.05) is 0 Å². The molecular formula is C16H6F10N2O2. The van der Waals surface area contributed by atoms with E-state index in [0.717, 1.165) is 0 Å². The van der Waals surface area contributed by atoms with Gasteiger partial charge in [0.2, 0.25) is 11.6 Å². The lowest BCUT2D eigenvalue weighted by molar-refractivity contribution is 0.122. The first-order chi connectivity index (χ1) is 14.1. The van der Waals surface area contributed by atoms with Gasteiger partial charge >= 0.3 is 0 Å². The molecule has 2 rings (SSSR count). The monoisotopic (exact) mass is 448 g/mol. The first-order valence-corrected chi connectivity index (χ1v) is 7.39. The smallest absolute Gasteiger partial charge is 0.200 e. The fourth-order valence-corrected chi connectivity index (χ4v) is 1.90. The first kappa shape index (κ1) is 23.0. The van der Waals surface area contributed by atoms with E-state index in [9.17, 15) is 43.9 Å². The maximum absolute atomic E-state index is 13.3. The second-order valence-electron chi connectivity index (χ2n) is 5.15. The van der Waals surface area contributed by atoms with Gasteiger partial charge in [0.05, 0.1) is 23.6 Å². The van der Waals surface area contributed by atoms with Gasteiger partial charge < -0.3 is 9.68 Å². The second kappa shape index (κ2) is 9.45. The summed E-state index contributed by atoms with van der Waals surface area (Å²) in [4.78, 5) is 8.61. The average Bonchev–Trinajstić information content (AvgIpc) is 2.73. The van der Waals surface area contributed by atoms with Gasteiger partial charge in [-0.2, -0.15) is 0 Å². The second-order valence-corrected chi connectivity index (χ2v) is 5.15. The van der Waals surface area contributed by atoms with Crippen LogP contribution in [0.1, 0.15) is 11.1 Å². The van der Waals surface area contributed by atoms with Gasteiger partial charge in [-0.15, -0.1) is 0 Å². The van der Waals surface area contributed by atoms with Crippen molar-refractivity contribution in [1.29, 1.82) is 0 Å². The van der Waals surface area contributed by atoms with E-state index in [1.165, 1.54) is 0 Å². The van der Waals surface area contributed by atoms with Gasteiger partial charge in [-0.25, -0.2) is 43.9 Å². The van der Waals surface area contributed by atoms with Gasteiger partial charge in [-0.3, -0.25) is 0 Å². The molecule has 4 nitrogen and oxygen atoms in total. The third-order valence-corrected chi connectivity index (χ3v) is 3.36. The summed E-state index contributed by atoms with van der Waals surface area (Å²) in [5, 5.41) is 6.01. The number of hydrogen-bond acceptors (Lipinski definition) is 4. The fourth-order valence-electron chi connectivity index (χ4n) is 1.90. The van der Waals surface area contributed by atoms with Crippen LogP contribution in [0, 0.1) is 58.2 Å². The van der Waals surface area contributed by atoms with Crippen LogP contribution in [0.5, 0.6) is 0 Å². The Hall–Kier alpha value is -3.32. The zero-order valence-corrected chi connectivity index (χ0v) is 14.1. The number of benzene rings is 2. The lowest BCUT2D eigenvalue weighted by atomic mass is 10.2. The summed E-state index contributed by atoms with van der Waals surface area (Å²) in [5.74, 6) is -21.9. The van der Waals surface area contributed by atoms with Crippen LogP contribution in [0.3, 0.4) is 0 Å². The van der Waals surface area contributed by atoms with Crippen LogP contribution < -0.4 is 0 Å². The van der Waals surface area contributed by atoms with Crippen molar-refractivity contribution in [1.82, 2.24) is 0 Å². The fraction of sp³-hybridized carbons (Fsp3) is 0.125. The molecule has 0 radical (unpaired) electrons. The van der Waals surface area contributed by atoms with Crippen LogP contribution in [0.15, 0.2) is 10.3 Å². The Balaban J connectivity index is 1.93. The van der Waals surface area contributed by atoms with Crippen molar-refractivity contribution in [3.05, 3.63) is 69.3 Å². The number of rotatable bonds is 7. The zero-order chi connectivity index (χ0) is 22.6. The summed E-state index contributed by atoms with van der Waals surface area (Å²) < 4.78 is 131. The van der Waals surface area contributed by atoms with Crippen molar-refractivity contribution in [3.63, 3.8) is 0 Å². The number of oxime groups is 2. The highest BCUT2D eigenvalue weighted by molar-refractivity contribution is 6.15. The van der Waals surface area contributed by atoms with Crippen LogP contribution in [-0.4, -0.2) is 12.4 Å². The Morgan fingerprint density at radius 1 is 0.433 bits per heavy atom. The van der Waals surface area contributed by atoms with Crippen molar-refractivity contribution in [2.75, 3.05) is 0 Å². The van der Waals surface area contributed by atoms with E-state index in [4.69, 9.17) is 0 Å². The Bertz CT molecular complexity index is 887. The molecule has 0 fully saturated rings. The molecule has 30 heavy (non-hydrogen) atoms. The molecule has 0 aromatic heterocycles. The molecule has 0 atom stereocenters. The lowest BCUT2D eigenvalue weighted by Crippen LogP contribution is -2.08. The summed E-state index contributed by atoms with van der Waals surface area (Å²) in [6.45, 7) is -2.33. The van der Waals surface area contributed by atoms with E-state index in [-0.39, 0.29) is 0 Å². The third kappa shape index (κ3) is 4.46. The minimum absolute atomic E-state index is 0.616. The quantitative estimate of drug-likeness (QED) is 0.201. The molecule has 0 N–H and O–H groups in total. The molecule has 0 aliphatic carbocycles. The average molecular weight is 448 g/mol. The maximum Gasteiger partial charge on any atom is 0.200 e. The molecule has 0 unspecified atom stereocenters. The van der Waals surface area contributed by atoms with Gasteiger partial charge in [-0.05, 0) is 0 Å². The summed E-state index contributed by atoms with van der Waals surface area (Å²) in [6, 6.07) is 0. The Kier molecular flexibility index (Phi) is 7.24. The van der Waals surface area contributed by atoms with E-state index in [1.54, 1.807) is 0 Å². The molecule has 0 amide bonds. The van der Waals surface area contributed by atoms with Gasteiger partial charge in [-0.1, -0.05) is 10.3 Å². The molecule has 2 aromatic carbocycles. The molecule has 14 heteroatoms. The van der Waals surface area contributed by atoms with Crippen LogP contribution in [-0.2, 0) is 22.9 Å². The predicted octanol–water partition coefficient (Wildman–Crippen LogP) is 4.78. The Morgan fingerprint density at radius 3 is 0.933 bits per heavy atom. The minimum Gasteiger partial charge on any atom is -0.391 e. The summed E-state index contributed by atoms with van der Waals surface area (Å²) in [5.41, 5.74) is -2.61. The van der Waals surface area contributed by atoms with Crippen LogP contribution in [0.25, 0.3) is 0 Å². The zero-order valence-electron chi connectivity index (χ0n) is 14.1. The highest BCUT2D eigenvalue weighted by atomic mass is 19.2. The van der Waals surface area contributed by atoms with Crippen molar-refractivity contribution in [3.8, 4) is 0 Å². The van der Waals surface area contributed by atoms with Crippen molar-refractivity contribution < 1.29 is 53.6 Å². The molecule has 162 valence electrons. The highest BCUT2D eigenvalue weighted by Crippen LogP contribution is 2.24. The summed E-state index contributed by atoms with van der Waals surface area (Å²) in [6.07, 6.45) is 1.23. The van der Waals surface area contributed by atoms with Crippen LogP contribution >= 0.6 is 0 Å². The molecular weight excluding hydrogens is 442 g/mol. The predicted molar refractivity (Wildman–Crippen MR) is 79.0 cm³/mol. The van der Waals surface area contributed by atoms with Crippen LogP contribution in [0.4, 0.5) is 43.9 Å². The van der Waals surface area contributed by atoms with Crippen molar-refractivity contribution in [2.45, 2.75) is 13.2 Å². The minimum atomic E-state index is -2.35. The third-order valence-electron chi connectivity index (χ3n) is 3.36. The number of halogens is 10. The van der Waals surface area contributed by atoms with Gasteiger partial charge in [0.25, 0.3) is 0 Å². The van der Waals surface area contributed by atoms with Gasteiger partial charge in [0.15, 0.2) is 46.5 Å². The van der Waals surface area contributed by atoms with Crippen LogP contribution in [0.2, 0.25) is 0 Å². The molecule has 0 spiro atoms. The highest BCUT2D eigenvalue weighted by Gasteiger charge is 2.26. The largest absolute Gasteiger partial charge is 0.391 e. The number of hydrogen-bond donors (Lipinski definition) is 0. The van der Waals surface area contributed by atoms with E-state index in [1.807, 2.05) is 0 Å². The first-order valence-electron chi connectivity index (χ1n) is 7.39. The van der Waals surface area contributed by atoms with Crippen molar-refractivity contribution >= 4 is 12.4 Å². The molecule has 0 aliphatic rings. The van der Waals surface area contributed by atoms with E-state index in [0.29, 0.717) is 12.4 Å². The van der Waals surface area contributed by atoms with E-state index < -0.39 is 82.5 Å². The molecule has 0 heterocycles. The Morgan fingerprint density at radius 2 is 0.667 bits per heavy atom. The Labute approximate surface area is 160 Å². The standard InChI is InChI=1S/C16H6F10N2O2/c17-7-5(8(18)12(22)15(25)11(7)21)3-29-27-1-2-28-30-4-6-9(19)13(23)16(26)14(24)10(6)20/h1-2H,3-4H2/b27-1+,28-2+. The molecule has 0 bridgehead atoms. The molecule has 0 saturated heterocycles. The van der Waals surface area contributed by atoms with Gasteiger partial charge in [0.1, 0.15) is 13.2 Å². The topological polar surface area (TPSA) is 43.2 Å². The lowest BCUT2D eigenvalue weighted by Gasteiger charge is -2.06. The molecule has 0 aliphatic heterocycles. The number of nitrogens with zero attached hydrogens (tertiary/aromatic N) is 2. The van der Waals surface area contributed by atoms with E-state index >= 15 is 0 Å². The van der Waals surface area contributed by atoms with E-state index in [2.05, 4.69) is 20.0 Å². The molecule has 2 aromatic rings. The summed E-state index contributed by atoms with van der Waals surface area (Å²) in [7, 11) is 0. The summed E-state index contributed by atoms with van der Waals surface area (Å²) >= 11 is 0. The molecule has 0 saturated carbocycles.